The van der Waals surface area contributed by atoms with Gasteiger partial charge in [-0.2, -0.15) is 0 Å². The first-order valence-electron chi connectivity index (χ1n) is 7.19. The lowest BCUT2D eigenvalue weighted by Crippen LogP contribution is -2.35. The van der Waals surface area contributed by atoms with Crippen molar-refractivity contribution in [3.63, 3.8) is 0 Å². The lowest BCUT2D eigenvalue weighted by atomic mass is 10.0. The van der Waals surface area contributed by atoms with E-state index in [1.54, 1.807) is 0 Å². The van der Waals surface area contributed by atoms with Gasteiger partial charge in [-0.05, 0) is 37.8 Å². The van der Waals surface area contributed by atoms with E-state index in [2.05, 4.69) is 31.3 Å². The monoisotopic (exact) mass is 262 g/mol. The third-order valence-electron chi connectivity index (χ3n) is 3.50. The van der Waals surface area contributed by atoms with Crippen molar-refractivity contribution >= 4 is 5.91 Å². The Hall–Kier alpha value is -1.35. The minimum absolute atomic E-state index is 0.123. The van der Waals surface area contributed by atoms with Gasteiger partial charge < -0.3 is 11.1 Å². The summed E-state index contributed by atoms with van der Waals surface area (Å²) in [4.78, 5) is 11.8. The molecule has 1 rings (SSSR count). The van der Waals surface area contributed by atoms with Gasteiger partial charge in [0, 0.05) is 12.5 Å². The van der Waals surface area contributed by atoms with Crippen LogP contribution in [0.4, 0.5) is 0 Å². The van der Waals surface area contributed by atoms with Crippen LogP contribution in [-0.4, -0.2) is 18.5 Å². The summed E-state index contributed by atoms with van der Waals surface area (Å²) in [6.45, 7) is 4.72. The van der Waals surface area contributed by atoms with E-state index in [0.29, 0.717) is 18.9 Å². The summed E-state index contributed by atoms with van der Waals surface area (Å²) in [5.74, 6) is 0.430. The maximum Gasteiger partial charge on any atom is 0.220 e. The Morgan fingerprint density at radius 1 is 1.32 bits per heavy atom. The Kier molecular flexibility index (Phi) is 7.19. The summed E-state index contributed by atoms with van der Waals surface area (Å²) >= 11 is 0. The molecule has 1 amide bonds. The summed E-state index contributed by atoms with van der Waals surface area (Å²) in [7, 11) is 0. The third-order valence-corrected chi connectivity index (χ3v) is 3.50. The number of hydrogen-bond donors (Lipinski definition) is 2. The molecule has 3 N–H and O–H groups in total. The molecule has 0 saturated carbocycles. The molecule has 0 spiro atoms. The summed E-state index contributed by atoms with van der Waals surface area (Å²) < 4.78 is 0. The second-order valence-electron chi connectivity index (χ2n) is 5.21. The van der Waals surface area contributed by atoms with Gasteiger partial charge in [0.2, 0.25) is 5.91 Å². The molecule has 0 aromatic heterocycles. The fourth-order valence-corrected chi connectivity index (χ4v) is 2.09. The average molecular weight is 262 g/mol. The van der Waals surface area contributed by atoms with Crippen LogP contribution in [0.1, 0.15) is 38.7 Å². The van der Waals surface area contributed by atoms with E-state index in [4.69, 9.17) is 5.73 Å². The molecule has 0 radical (unpaired) electrons. The number of aryl methyl sites for hydroxylation is 1. The van der Waals surface area contributed by atoms with Crippen LogP contribution < -0.4 is 11.1 Å². The van der Waals surface area contributed by atoms with Crippen molar-refractivity contribution in [3.8, 4) is 0 Å². The summed E-state index contributed by atoms with van der Waals surface area (Å²) in [6, 6.07) is 10.6. The first-order valence-corrected chi connectivity index (χ1v) is 7.19. The highest BCUT2D eigenvalue weighted by Gasteiger charge is 2.12. The van der Waals surface area contributed by atoms with Gasteiger partial charge in [-0.1, -0.05) is 43.7 Å². The lowest BCUT2D eigenvalue weighted by molar-refractivity contribution is -0.122. The van der Waals surface area contributed by atoms with Crippen molar-refractivity contribution in [2.45, 2.75) is 45.6 Å². The van der Waals surface area contributed by atoms with E-state index in [1.807, 2.05) is 18.2 Å². The van der Waals surface area contributed by atoms with Gasteiger partial charge in [-0.3, -0.25) is 4.79 Å². The first kappa shape index (κ1) is 15.7. The topological polar surface area (TPSA) is 55.1 Å². The molecule has 0 aliphatic carbocycles. The number of carbonyl (C=O) groups is 1. The van der Waals surface area contributed by atoms with E-state index in [-0.39, 0.29) is 11.9 Å². The van der Waals surface area contributed by atoms with Crippen LogP contribution in [0.5, 0.6) is 0 Å². The van der Waals surface area contributed by atoms with Gasteiger partial charge in [0.25, 0.3) is 0 Å². The summed E-state index contributed by atoms with van der Waals surface area (Å²) in [5, 5.41) is 3.05. The molecule has 0 heterocycles. The van der Waals surface area contributed by atoms with Gasteiger partial charge in [-0.15, -0.1) is 0 Å². The van der Waals surface area contributed by atoms with E-state index in [1.165, 1.54) is 5.56 Å². The largest absolute Gasteiger partial charge is 0.354 e. The number of hydrogen-bond acceptors (Lipinski definition) is 2. The second-order valence-corrected chi connectivity index (χ2v) is 5.21. The Labute approximate surface area is 116 Å². The molecule has 1 aromatic rings. The first-order chi connectivity index (χ1) is 9.15. The van der Waals surface area contributed by atoms with E-state index >= 15 is 0 Å². The van der Waals surface area contributed by atoms with Crippen LogP contribution in [0.2, 0.25) is 0 Å². The maximum atomic E-state index is 11.8. The number of amides is 1. The molecule has 0 bridgehead atoms. The zero-order valence-electron chi connectivity index (χ0n) is 12.1. The van der Waals surface area contributed by atoms with Crippen molar-refractivity contribution in [2.24, 2.45) is 11.7 Å². The van der Waals surface area contributed by atoms with Crippen LogP contribution >= 0.6 is 0 Å². The molecular weight excluding hydrogens is 236 g/mol. The normalized spacial score (nSPS) is 13.8. The Morgan fingerprint density at radius 3 is 2.58 bits per heavy atom. The third kappa shape index (κ3) is 6.39. The van der Waals surface area contributed by atoms with Crippen molar-refractivity contribution in [1.29, 1.82) is 0 Å². The number of nitrogens with two attached hydrogens (primary N) is 1. The van der Waals surface area contributed by atoms with E-state index < -0.39 is 0 Å². The fourth-order valence-electron chi connectivity index (χ4n) is 2.09. The lowest BCUT2D eigenvalue weighted by Gasteiger charge is -2.16. The zero-order chi connectivity index (χ0) is 14.1. The van der Waals surface area contributed by atoms with Crippen LogP contribution in [-0.2, 0) is 11.2 Å². The molecule has 2 atom stereocenters. The molecule has 2 unspecified atom stereocenters. The minimum Gasteiger partial charge on any atom is -0.354 e. The summed E-state index contributed by atoms with van der Waals surface area (Å²) in [5.41, 5.74) is 6.93. The molecule has 0 fully saturated rings. The number of rotatable bonds is 8. The highest BCUT2D eigenvalue weighted by atomic mass is 16.1. The predicted molar refractivity (Wildman–Crippen MR) is 79.8 cm³/mol. The summed E-state index contributed by atoms with van der Waals surface area (Å²) in [6.07, 6.45) is 3.47. The molecule has 1 aromatic carbocycles. The number of carbonyl (C=O) groups excluding carboxylic acids is 1. The SMILES string of the molecule is CCC(CN)CC(=O)NC(C)CCc1ccccc1. The molecule has 19 heavy (non-hydrogen) atoms. The average Bonchev–Trinajstić information content (AvgIpc) is 2.43. The van der Waals surface area contributed by atoms with E-state index in [0.717, 1.165) is 19.3 Å². The van der Waals surface area contributed by atoms with Gasteiger partial charge in [0.1, 0.15) is 0 Å². The molecular formula is C16H26N2O. The highest BCUT2D eigenvalue weighted by Crippen LogP contribution is 2.08. The predicted octanol–water partition coefficient (Wildman–Crippen LogP) is 2.50. The smallest absolute Gasteiger partial charge is 0.220 e. The Balaban J connectivity index is 2.27. The van der Waals surface area contributed by atoms with Crippen molar-refractivity contribution in [3.05, 3.63) is 35.9 Å². The van der Waals surface area contributed by atoms with Gasteiger partial charge in [0.15, 0.2) is 0 Å². The second kappa shape index (κ2) is 8.70. The standard InChI is InChI=1S/C16H26N2O/c1-3-14(12-17)11-16(19)18-13(2)9-10-15-7-5-4-6-8-15/h4-8,13-14H,3,9-12,17H2,1-2H3,(H,18,19). The molecule has 0 saturated heterocycles. The van der Waals surface area contributed by atoms with Crippen molar-refractivity contribution < 1.29 is 4.79 Å². The molecule has 0 aliphatic heterocycles. The van der Waals surface area contributed by atoms with Gasteiger partial charge >= 0.3 is 0 Å². The Morgan fingerprint density at radius 2 is 2.00 bits per heavy atom. The number of nitrogens with one attached hydrogen (secondary N) is 1. The van der Waals surface area contributed by atoms with Crippen molar-refractivity contribution in [1.82, 2.24) is 5.32 Å². The van der Waals surface area contributed by atoms with Crippen LogP contribution in [0.3, 0.4) is 0 Å². The minimum atomic E-state index is 0.123. The fraction of sp³-hybridized carbons (Fsp3) is 0.562. The maximum absolute atomic E-state index is 11.8. The van der Waals surface area contributed by atoms with E-state index in [9.17, 15) is 4.79 Å². The van der Waals surface area contributed by atoms with Gasteiger partial charge in [-0.25, -0.2) is 0 Å². The molecule has 106 valence electrons. The number of benzene rings is 1. The quantitative estimate of drug-likeness (QED) is 0.756. The molecule has 3 nitrogen and oxygen atoms in total. The molecule has 0 aliphatic rings. The van der Waals surface area contributed by atoms with Gasteiger partial charge in [0.05, 0.1) is 0 Å². The highest BCUT2D eigenvalue weighted by molar-refractivity contribution is 5.76. The van der Waals surface area contributed by atoms with Crippen LogP contribution in [0.15, 0.2) is 30.3 Å². The van der Waals surface area contributed by atoms with Crippen molar-refractivity contribution in [2.75, 3.05) is 6.54 Å². The Bertz CT molecular complexity index is 360. The van der Waals surface area contributed by atoms with Crippen LogP contribution in [0, 0.1) is 5.92 Å². The zero-order valence-corrected chi connectivity index (χ0v) is 12.1. The molecule has 3 heteroatoms. The van der Waals surface area contributed by atoms with Crippen LogP contribution in [0.25, 0.3) is 0 Å².